The van der Waals surface area contributed by atoms with Crippen molar-refractivity contribution in [3.8, 4) is 17.2 Å². The number of hydrogen-bond donors (Lipinski definition) is 2. The normalized spacial score (nSPS) is 16.8. The van der Waals surface area contributed by atoms with Gasteiger partial charge in [0.25, 0.3) is 10.0 Å². The molecule has 8 heteroatoms. The Kier molecular flexibility index (Phi) is 3.72. The number of fused-ring (bicyclic) bond motifs is 1. The van der Waals surface area contributed by atoms with Gasteiger partial charge in [0, 0.05) is 23.2 Å². The smallest absolute Gasteiger partial charge is 0.266 e. The second-order valence-corrected chi connectivity index (χ2v) is 6.87. The second kappa shape index (κ2) is 5.57. The number of nitrogens with zero attached hydrogens (tertiary/aromatic N) is 2. The van der Waals surface area contributed by atoms with Crippen molar-refractivity contribution < 1.29 is 8.42 Å². The van der Waals surface area contributed by atoms with Gasteiger partial charge in [0.15, 0.2) is 0 Å². The van der Waals surface area contributed by atoms with Crippen LogP contribution in [0.5, 0.6) is 0 Å². The molecule has 0 aliphatic carbocycles. The van der Waals surface area contributed by atoms with E-state index in [9.17, 15) is 13.7 Å². The summed E-state index contributed by atoms with van der Waals surface area (Å²) in [6.07, 6.45) is 0. The van der Waals surface area contributed by atoms with Crippen LogP contribution in [0.1, 0.15) is 5.56 Å². The van der Waals surface area contributed by atoms with Crippen LogP contribution >= 0.6 is 11.6 Å². The number of para-hydroxylation sites is 1. The standard InChI is InChI=1S/C15H11ClN4O2S/c1-18-15-19-14-11(3-2-4-13(14)23(21,22)20-15)12-7-10(16)6-5-9(12)8-17/h2-7H,1H3,(H2,18,19,20). The second-order valence-electron chi connectivity index (χ2n) is 4.78. The van der Waals surface area contributed by atoms with Gasteiger partial charge in [0.1, 0.15) is 4.90 Å². The Bertz CT molecular complexity index is 977. The SMILES string of the molecule is CN=C1Nc2c(-c3cc(Cl)ccc3C#N)cccc2S(=O)(=O)N1. The van der Waals surface area contributed by atoms with Gasteiger partial charge in [-0.3, -0.25) is 4.99 Å². The lowest BCUT2D eigenvalue weighted by molar-refractivity contribution is 0.592. The number of nitriles is 1. The Labute approximate surface area is 138 Å². The molecule has 0 spiro atoms. The maximum Gasteiger partial charge on any atom is 0.266 e. The van der Waals surface area contributed by atoms with Crippen molar-refractivity contribution in [2.45, 2.75) is 4.90 Å². The van der Waals surface area contributed by atoms with Gasteiger partial charge in [-0.2, -0.15) is 5.26 Å². The lowest BCUT2D eigenvalue weighted by atomic mass is 9.98. The molecule has 2 N–H and O–H groups in total. The molecule has 1 heterocycles. The third kappa shape index (κ3) is 2.63. The Morgan fingerprint density at radius 3 is 2.70 bits per heavy atom. The van der Waals surface area contributed by atoms with E-state index < -0.39 is 10.0 Å². The first-order valence-electron chi connectivity index (χ1n) is 6.56. The molecule has 0 bridgehead atoms. The molecule has 1 aliphatic rings. The van der Waals surface area contributed by atoms with Crippen molar-refractivity contribution >= 4 is 33.3 Å². The average Bonchev–Trinajstić information content (AvgIpc) is 2.53. The highest BCUT2D eigenvalue weighted by molar-refractivity contribution is 7.90. The number of anilines is 1. The van der Waals surface area contributed by atoms with E-state index in [0.29, 0.717) is 27.4 Å². The fourth-order valence-electron chi connectivity index (χ4n) is 2.37. The minimum absolute atomic E-state index is 0.0891. The van der Waals surface area contributed by atoms with Gasteiger partial charge >= 0.3 is 0 Å². The summed E-state index contributed by atoms with van der Waals surface area (Å²) >= 11 is 6.03. The van der Waals surface area contributed by atoms with E-state index in [-0.39, 0.29) is 10.9 Å². The largest absolute Gasteiger partial charge is 0.324 e. The first-order chi connectivity index (χ1) is 11.0. The molecule has 0 saturated heterocycles. The molecule has 2 aromatic carbocycles. The van der Waals surface area contributed by atoms with Gasteiger partial charge in [-0.1, -0.05) is 23.7 Å². The fourth-order valence-corrected chi connectivity index (χ4v) is 3.74. The van der Waals surface area contributed by atoms with E-state index in [1.165, 1.54) is 13.1 Å². The molecule has 2 aromatic rings. The quantitative estimate of drug-likeness (QED) is 0.829. The van der Waals surface area contributed by atoms with E-state index in [4.69, 9.17) is 11.6 Å². The maximum absolute atomic E-state index is 12.3. The monoisotopic (exact) mass is 346 g/mol. The third-order valence-corrected chi connectivity index (χ3v) is 5.02. The van der Waals surface area contributed by atoms with Crippen molar-refractivity contribution in [2.75, 3.05) is 12.4 Å². The van der Waals surface area contributed by atoms with Crippen molar-refractivity contribution in [3.63, 3.8) is 0 Å². The number of halogens is 1. The van der Waals surface area contributed by atoms with E-state index >= 15 is 0 Å². The van der Waals surface area contributed by atoms with E-state index in [0.717, 1.165) is 0 Å². The molecule has 0 amide bonds. The molecule has 0 aromatic heterocycles. The molecule has 0 atom stereocenters. The Morgan fingerprint density at radius 2 is 2.00 bits per heavy atom. The van der Waals surface area contributed by atoms with Crippen molar-refractivity contribution in [2.24, 2.45) is 4.99 Å². The van der Waals surface area contributed by atoms with Crippen LogP contribution in [0.3, 0.4) is 0 Å². The van der Waals surface area contributed by atoms with Gasteiger partial charge < -0.3 is 5.32 Å². The summed E-state index contributed by atoms with van der Waals surface area (Å²) in [5, 5.41) is 12.7. The molecule has 23 heavy (non-hydrogen) atoms. The van der Waals surface area contributed by atoms with Crippen LogP contribution in [0.2, 0.25) is 5.02 Å². The highest BCUT2D eigenvalue weighted by Crippen LogP contribution is 2.37. The predicted octanol–water partition coefficient (Wildman–Crippen LogP) is 2.57. The van der Waals surface area contributed by atoms with Crippen molar-refractivity contribution in [1.29, 1.82) is 5.26 Å². The molecule has 6 nitrogen and oxygen atoms in total. The van der Waals surface area contributed by atoms with E-state index in [1.54, 1.807) is 30.3 Å². The molecule has 0 saturated carbocycles. The predicted molar refractivity (Wildman–Crippen MR) is 88.9 cm³/mol. The zero-order chi connectivity index (χ0) is 16.6. The van der Waals surface area contributed by atoms with Crippen molar-refractivity contribution in [1.82, 2.24) is 4.72 Å². The van der Waals surface area contributed by atoms with Crippen LogP contribution < -0.4 is 10.0 Å². The van der Waals surface area contributed by atoms with E-state index in [1.807, 2.05) is 0 Å². The van der Waals surface area contributed by atoms with Gasteiger partial charge in [-0.25, -0.2) is 13.1 Å². The summed E-state index contributed by atoms with van der Waals surface area (Å²) < 4.78 is 27.0. The van der Waals surface area contributed by atoms with Crippen LogP contribution in [0.4, 0.5) is 5.69 Å². The number of sulfonamides is 1. The number of nitrogens with one attached hydrogen (secondary N) is 2. The first-order valence-corrected chi connectivity index (χ1v) is 8.42. The zero-order valence-corrected chi connectivity index (χ0v) is 13.5. The van der Waals surface area contributed by atoms with Gasteiger partial charge in [0.05, 0.1) is 17.3 Å². The minimum Gasteiger partial charge on any atom is -0.324 e. The molecule has 3 rings (SSSR count). The summed E-state index contributed by atoms with van der Waals surface area (Å²) in [5.74, 6) is 0.116. The molecule has 0 fully saturated rings. The molecule has 0 radical (unpaired) electrons. The number of benzene rings is 2. The zero-order valence-electron chi connectivity index (χ0n) is 12.0. The maximum atomic E-state index is 12.3. The molecular formula is C15H11ClN4O2S. The average molecular weight is 347 g/mol. The van der Waals surface area contributed by atoms with Crippen LogP contribution in [-0.4, -0.2) is 21.4 Å². The summed E-state index contributed by atoms with van der Waals surface area (Å²) in [6, 6.07) is 11.8. The molecule has 0 unspecified atom stereocenters. The first kappa shape index (κ1) is 15.3. The van der Waals surface area contributed by atoms with Gasteiger partial charge in [-0.05, 0) is 24.3 Å². The fraction of sp³-hybridized carbons (Fsp3) is 0.0667. The lowest BCUT2D eigenvalue weighted by Crippen LogP contribution is -2.40. The van der Waals surface area contributed by atoms with Gasteiger partial charge in [-0.15, -0.1) is 0 Å². The number of hydrogen-bond acceptors (Lipinski definition) is 4. The highest BCUT2D eigenvalue weighted by atomic mass is 35.5. The minimum atomic E-state index is -3.72. The summed E-state index contributed by atoms with van der Waals surface area (Å²) in [4.78, 5) is 3.95. The van der Waals surface area contributed by atoms with Gasteiger partial charge in [0.2, 0.25) is 5.96 Å². The Morgan fingerprint density at radius 1 is 1.22 bits per heavy atom. The van der Waals surface area contributed by atoms with Crippen LogP contribution in [-0.2, 0) is 10.0 Å². The number of rotatable bonds is 1. The molecule has 116 valence electrons. The Balaban J connectivity index is 2.33. The summed E-state index contributed by atoms with van der Waals surface area (Å²) in [6.45, 7) is 0. The molecule has 1 aliphatic heterocycles. The highest BCUT2D eigenvalue weighted by Gasteiger charge is 2.28. The van der Waals surface area contributed by atoms with Crippen LogP contribution in [0.15, 0.2) is 46.3 Å². The molecular weight excluding hydrogens is 336 g/mol. The summed E-state index contributed by atoms with van der Waals surface area (Å²) in [7, 11) is -2.25. The van der Waals surface area contributed by atoms with Crippen LogP contribution in [0.25, 0.3) is 11.1 Å². The third-order valence-electron chi connectivity index (χ3n) is 3.41. The topological polar surface area (TPSA) is 94.3 Å². The number of guanidine groups is 1. The Hall–Kier alpha value is -2.56. The number of aliphatic imine (C=N–C) groups is 1. The lowest BCUT2D eigenvalue weighted by Gasteiger charge is -2.24. The van der Waals surface area contributed by atoms with E-state index in [2.05, 4.69) is 21.1 Å². The van der Waals surface area contributed by atoms with Crippen molar-refractivity contribution in [3.05, 3.63) is 47.0 Å². The summed E-state index contributed by atoms with van der Waals surface area (Å²) in [5.41, 5.74) is 1.88. The van der Waals surface area contributed by atoms with Crippen LogP contribution in [0, 0.1) is 11.3 Å².